The van der Waals surface area contributed by atoms with Crippen molar-refractivity contribution >= 4 is 40.5 Å². The zero-order valence-electron chi connectivity index (χ0n) is 21.3. The Hall–Kier alpha value is -3.01. The van der Waals surface area contributed by atoms with Gasteiger partial charge in [-0.1, -0.05) is 17.7 Å². The summed E-state index contributed by atoms with van der Waals surface area (Å²) in [6.45, 7) is 7.79. The lowest BCUT2D eigenvalue weighted by atomic mass is 10.1. The molecule has 0 saturated carbocycles. The van der Waals surface area contributed by atoms with Crippen molar-refractivity contribution in [3.05, 3.63) is 54.1 Å². The average molecular weight is 510 g/mol. The number of nitrogens with zero attached hydrogens (tertiary/aromatic N) is 4. The molecule has 2 aliphatic heterocycles. The molecule has 2 heterocycles. The molecule has 0 aliphatic carbocycles. The van der Waals surface area contributed by atoms with Gasteiger partial charge in [-0.15, -0.1) is 0 Å². The van der Waals surface area contributed by atoms with Crippen LogP contribution in [0.3, 0.4) is 0 Å². The number of rotatable bonds is 9. The van der Waals surface area contributed by atoms with Crippen molar-refractivity contribution in [2.75, 3.05) is 63.6 Å². The molecule has 0 spiro atoms. The summed E-state index contributed by atoms with van der Waals surface area (Å²) in [5, 5.41) is 3.36. The number of carbonyl (C=O) groups is 2. The van der Waals surface area contributed by atoms with E-state index in [9.17, 15) is 9.59 Å². The highest BCUT2D eigenvalue weighted by molar-refractivity contribution is 7.80. The van der Waals surface area contributed by atoms with Gasteiger partial charge >= 0.3 is 0 Å². The summed E-state index contributed by atoms with van der Waals surface area (Å²) >= 11 is 5.79. The molecule has 0 unspecified atom stereocenters. The highest BCUT2D eigenvalue weighted by Gasteiger charge is 2.43. The second-order valence-electron chi connectivity index (χ2n) is 9.48. The standard InChI is InChI=1S/C27H35N5O3S/c1-20-5-9-22(10-6-20)32-26(34)24(19-25(33)28-21-7-11-23(35-3)12-8-21)31(27(32)36)14-4-13-30-17-15-29(2)16-18-30/h5-12,24H,4,13-19H2,1-3H3,(H,28,33)/t24-/m1/s1. The first-order valence-electron chi connectivity index (χ1n) is 12.4. The van der Waals surface area contributed by atoms with E-state index in [-0.39, 0.29) is 18.2 Å². The monoisotopic (exact) mass is 509 g/mol. The summed E-state index contributed by atoms with van der Waals surface area (Å²) in [4.78, 5) is 34.8. The van der Waals surface area contributed by atoms with E-state index in [4.69, 9.17) is 17.0 Å². The predicted octanol–water partition coefficient (Wildman–Crippen LogP) is 2.97. The lowest BCUT2D eigenvalue weighted by Crippen LogP contribution is -2.45. The normalized spacial score (nSPS) is 19.1. The Labute approximate surface area is 218 Å². The van der Waals surface area contributed by atoms with E-state index in [1.165, 1.54) is 0 Å². The number of anilines is 2. The summed E-state index contributed by atoms with van der Waals surface area (Å²) in [7, 11) is 3.74. The minimum atomic E-state index is -0.635. The molecule has 8 nitrogen and oxygen atoms in total. The number of aryl methyl sites for hydroxylation is 1. The van der Waals surface area contributed by atoms with Crippen LogP contribution in [0.2, 0.25) is 0 Å². The van der Waals surface area contributed by atoms with Crippen LogP contribution in [0.25, 0.3) is 0 Å². The molecule has 4 rings (SSSR count). The molecule has 9 heteroatoms. The lowest BCUT2D eigenvalue weighted by molar-refractivity contribution is -0.124. The fourth-order valence-electron chi connectivity index (χ4n) is 4.62. The van der Waals surface area contributed by atoms with Crippen LogP contribution in [0.15, 0.2) is 48.5 Å². The molecule has 2 aromatic rings. The molecular weight excluding hydrogens is 474 g/mol. The molecule has 0 aromatic heterocycles. The maximum absolute atomic E-state index is 13.6. The Kier molecular flexibility index (Phi) is 8.56. The number of ether oxygens (including phenoxy) is 1. The first kappa shape index (κ1) is 26.1. The van der Waals surface area contributed by atoms with Crippen molar-refractivity contribution in [3.8, 4) is 5.75 Å². The molecule has 2 aliphatic rings. The van der Waals surface area contributed by atoms with E-state index in [0.717, 1.165) is 50.4 Å². The first-order valence-corrected chi connectivity index (χ1v) is 12.8. The predicted molar refractivity (Wildman–Crippen MR) is 147 cm³/mol. The van der Waals surface area contributed by atoms with Gasteiger partial charge in [-0.25, -0.2) is 0 Å². The summed E-state index contributed by atoms with van der Waals surface area (Å²) in [6.07, 6.45) is 0.900. The number of hydrogen-bond donors (Lipinski definition) is 1. The number of amides is 2. The van der Waals surface area contributed by atoms with Gasteiger partial charge in [0.1, 0.15) is 11.8 Å². The van der Waals surface area contributed by atoms with E-state index in [1.807, 2.05) is 36.1 Å². The molecule has 1 atom stereocenters. The summed E-state index contributed by atoms with van der Waals surface area (Å²) in [5.41, 5.74) is 2.50. The van der Waals surface area contributed by atoms with Crippen LogP contribution in [0, 0.1) is 6.92 Å². The number of thiocarbonyl (C=S) groups is 1. The number of hydrogen-bond acceptors (Lipinski definition) is 6. The molecule has 1 N–H and O–H groups in total. The number of piperazine rings is 1. The molecule has 2 fully saturated rings. The highest BCUT2D eigenvalue weighted by Crippen LogP contribution is 2.28. The number of likely N-dealkylation sites (N-methyl/N-ethyl adjacent to an activating group) is 1. The van der Waals surface area contributed by atoms with Gasteiger partial charge in [0.25, 0.3) is 5.91 Å². The van der Waals surface area contributed by atoms with Gasteiger partial charge in [-0.3, -0.25) is 14.5 Å². The van der Waals surface area contributed by atoms with Gasteiger partial charge in [0, 0.05) is 38.4 Å². The number of benzene rings is 2. The maximum Gasteiger partial charge on any atom is 0.256 e. The van der Waals surface area contributed by atoms with Gasteiger partial charge in [0.2, 0.25) is 5.91 Å². The zero-order valence-corrected chi connectivity index (χ0v) is 22.1. The Morgan fingerprint density at radius 1 is 1.03 bits per heavy atom. The lowest BCUT2D eigenvalue weighted by Gasteiger charge is -2.33. The van der Waals surface area contributed by atoms with Crippen molar-refractivity contribution in [1.29, 1.82) is 0 Å². The van der Waals surface area contributed by atoms with E-state index < -0.39 is 6.04 Å². The molecule has 36 heavy (non-hydrogen) atoms. The minimum Gasteiger partial charge on any atom is -0.497 e. The fraction of sp³-hybridized carbons (Fsp3) is 0.444. The largest absolute Gasteiger partial charge is 0.497 e. The second kappa shape index (κ2) is 11.8. The molecule has 2 amide bonds. The Balaban J connectivity index is 1.45. The van der Waals surface area contributed by atoms with Crippen LogP contribution in [0.5, 0.6) is 5.75 Å². The summed E-state index contributed by atoms with van der Waals surface area (Å²) in [6, 6.07) is 14.2. The van der Waals surface area contributed by atoms with Crippen LogP contribution in [-0.4, -0.2) is 91.1 Å². The zero-order chi connectivity index (χ0) is 25.7. The smallest absolute Gasteiger partial charge is 0.256 e. The highest BCUT2D eigenvalue weighted by atomic mass is 32.1. The van der Waals surface area contributed by atoms with Crippen LogP contribution in [0.4, 0.5) is 11.4 Å². The molecule has 192 valence electrons. The Morgan fingerprint density at radius 2 is 1.69 bits per heavy atom. The average Bonchev–Trinajstić information content (AvgIpc) is 3.10. The van der Waals surface area contributed by atoms with E-state index in [2.05, 4.69) is 22.2 Å². The SMILES string of the molecule is COc1ccc(NC(=O)C[C@@H]2C(=O)N(c3ccc(C)cc3)C(=S)N2CCCN2CCN(C)CC2)cc1. The van der Waals surface area contributed by atoms with Gasteiger partial charge in [-0.05, 0) is 75.6 Å². The van der Waals surface area contributed by atoms with Crippen molar-refractivity contribution in [2.45, 2.75) is 25.8 Å². The second-order valence-corrected chi connectivity index (χ2v) is 9.85. The van der Waals surface area contributed by atoms with E-state index in [0.29, 0.717) is 23.1 Å². The molecule has 0 bridgehead atoms. The maximum atomic E-state index is 13.6. The van der Waals surface area contributed by atoms with Gasteiger partial charge in [0.15, 0.2) is 5.11 Å². The van der Waals surface area contributed by atoms with Crippen LogP contribution >= 0.6 is 12.2 Å². The minimum absolute atomic E-state index is 0.0296. The van der Waals surface area contributed by atoms with Gasteiger partial charge < -0.3 is 24.8 Å². The van der Waals surface area contributed by atoms with Crippen LogP contribution in [0.1, 0.15) is 18.4 Å². The quantitative estimate of drug-likeness (QED) is 0.522. The van der Waals surface area contributed by atoms with Crippen molar-refractivity contribution in [1.82, 2.24) is 14.7 Å². The molecule has 0 radical (unpaired) electrons. The van der Waals surface area contributed by atoms with E-state index >= 15 is 0 Å². The Morgan fingerprint density at radius 3 is 2.33 bits per heavy atom. The van der Waals surface area contributed by atoms with Crippen molar-refractivity contribution in [3.63, 3.8) is 0 Å². The van der Waals surface area contributed by atoms with Crippen LogP contribution < -0.4 is 15.0 Å². The molecule has 2 aromatic carbocycles. The number of carbonyl (C=O) groups excluding carboxylic acids is 2. The first-order chi connectivity index (χ1) is 17.4. The van der Waals surface area contributed by atoms with Crippen molar-refractivity contribution < 1.29 is 14.3 Å². The Bertz CT molecular complexity index is 1070. The van der Waals surface area contributed by atoms with Crippen molar-refractivity contribution in [2.24, 2.45) is 0 Å². The summed E-state index contributed by atoms with van der Waals surface area (Å²) < 4.78 is 5.18. The van der Waals surface area contributed by atoms with Gasteiger partial charge in [0.05, 0.1) is 19.2 Å². The fourth-order valence-corrected chi connectivity index (χ4v) is 5.03. The number of methoxy groups -OCH3 is 1. The summed E-state index contributed by atoms with van der Waals surface area (Å²) in [5.74, 6) is 0.328. The topological polar surface area (TPSA) is 68.4 Å². The third-order valence-electron chi connectivity index (χ3n) is 6.83. The molecule has 2 saturated heterocycles. The number of nitrogens with one attached hydrogen (secondary N) is 1. The van der Waals surface area contributed by atoms with E-state index in [1.54, 1.807) is 36.3 Å². The van der Waals surface area contributed by atoms with Gasteiger partial charge in [-0.2, -0.15) is 0 Å². The third-order valence-corrected chi connectivity index (χ3v) is 7.25. The third kappa shape index (κ3) is 6.21. The van der Waals surface area contributed by atoms with Crippen LogP contribution in [-0.2, 0) is 9.59 Å². The molecular formula is C27H35N5O3S.